The number of hydrogen-bond acceptors (Lipinski definition) is 3. The van der Waals surface area contributed by atoms with Crippen molar-refractivity contribution in [2.75, 3.05) is 19.8 Å². The highest BCUT2D eigenvalue weighted by molar-refractivity contribution is 6.30. The molecule has 0 unspecified atom stereocenters. The summed E-state index contributed by atoms with van der Waals surface area (Å²) in [5, 5.41) is 8.65. The maximum atomic E-state index is 6.25. The zero-order chi connectivity index (χ0) is 13.0. The third-order valence-electron chi connectivity index (χ3n) is 3.48. The van der Waals surface area contributed by atoms with Crippen LogP contribution >= 0.6 is 11.6 Å². The monoisotopic (exact) mass is 271 g/mol. The maximum absolute atomic E-state index is 6.25. The number of halogens is 1. The molecule has 0 aliphatic carbocycles. The first-order chi connectivity index (χ1) is 8.72. The van der Waals surface area contributed by atoms with E-state index in [1.165, 1.54) is 12.8 Å². The van der Waals surface area contributed by atoms with Crippen LogP contribution in [0, 0.1) is 5.92 Å². The van der Waals surface area contributed by atoms with Crippen molar-refractivity contribution < 1.29 is 4.74 Å². The van der Waals surface area contributed by atoms with E-state index in [-0.39, 0.29) is 0 Å². The van der Waals surface area contributed by atoms with Crippen molar-refractivity contribution in [2.24, 2.45) is 13.0 Å². The lowest BCUT2D eigenvalue weighted by molar-refractivity contribution is 0.0547. The average Bonchev–Trinajstić information content (AvgIpc) is 2.67. The molecule has 2 rings (SSSR count). The van der Waals surface area contributed by atoms with Gasteiger partial charge in [0, 0.05) is 32.3 Å². The molecule has 102 valence electrons. The Morgan fingerprint density at radius 3 is 3.06 bits per heavy atom. The minimum absolute atomic E-state index is 0.638. The van der Waals surface area contributed by atoms with E-state index in [0.717, 1.165) is 49.1 Å². The van der Waals surface area contributed by atoms with Crippen molar-refractivity contribution >= 4 is 11.6 Å². The van der Waals surface area contributed by atoms with Crippen LogP contribution in [0.1, 0.15) is 31.0 Å². The second kappa shape index (κ2) is 6.55. The standard InChI is InChI=1S/C13H22ClN3O/c1-3-12-11(13(14)17(2)16-12)8-15-7-10-5-4-6-18-9-10/h10,15H,3-9H2,1-2H3/t10-/m1/s1. The van der Waals surface area contributed by atoms with Crippen molar-refractivity contribution in [3.8, 4) is 0 Å². The molecule has 1 atom stereocenters. The second-order valence-electron chi connectivity index (χ2n) is 4.91. The first-order valence-corrected chi connectivity index (χ1v) is 7.08. The third kappa shape index (κ3) is 3.25. The van der Waals surface area contributed by atoms with Crippen LogP contribution in [0.5, 0.6) is 0 Å². The summed E-state index contributed by atoms with van der Waals surface area (Å²) < 4.78 is 7.23. The Labute approximate surface area is 114 Å². The number of ether oxygens (including phenoxy) is 1. The minimum Gasteiger partial charge on any atom is -0.381 e. The van der Waals surface area contributed by atoms with E-state index >= 15 is 0 Å². The lowest BCUT2D eigenvalue weighted by Crippen LogP contribution is -2.29. The Hall–Kier alpha value is -0.580. The lowest BCUT2D eigenvalue weighted by Gasteiger charge is -2.22. The molecule has 0 radical (unpaired) electrons. The van der Waals surface area contributed by atoms with E-state index in [2.05, 4.69) is 17.3 Å². The summed E-state index contributed by atoms with van der Waals surface area (Å²) in [5.41, 5.74) is 2.23. The molecule has 1 aliphatic rings. The van der Waals surface area contributed by atoms with Gasteiger partial charge in [-0.05, 0) is 25.2 Å². The maximum Gasteiger partial charge on any atom is 0.131 e. The summed E-state index contributed by atoms with van der Waals surface area (Å²) >= 11 is 6.25. The van der Waals surface area contributed by atoms with Gasteiger partial charge in [0.2, 0.25) is 0 Å². The third-order valence-corrected chi connectivity index (χ3v) is 3.95. The van der Waals surface area contributed by atoms with Crippen LogP contribution < -0.4 is 5.32 Å². The van der Waals surface area contributed by atoms with Crippen molar-refractivity contribution in [1.82, 2.24) is 15.1 Å². The fourth-order valence-corrected chi connectivity index (χ4v) is 2.64. The van der Waals surface area contributed by atoms with E-state index in [1.54, 1.807) is 4.68 Å². The summed E-state index contributed by atoms with van der Waals surface area (Å²) in [4.78, 5) is 0. The van der Waals surface area contributed by atoms with Gasteiger partial charge in [0.15, 0.2) is 0 Å². The number of rotatable bonds is 5. The van der Waals surface area contributed by atoms with E-state index < -0.39 is 0 Å². The Morgan fingerprint density at radius 1 is 1.56 bits per heavy atom. The molecule has 1 aromatic rings. The molecule has 0 aromatic carbocycles. The van der Waals surface area contributed by atoms with Gasteiger partial charge in [-0.3, -0.25) is 4.68 Å². The lowest BCUT2D eigenvalue weighted by atomic mass is 10.0. The predicted molar refractivity (Wildman–Crippen MR) is 72.8 cm³/mol. The molecule has 1 saturated heterocycles. The smallest absolute Gasteiger partial charge is 0.131 e. The average molecular weight is 272 g/mol. The second-order valence-corrected chi connectivity index (χ2v) is 5.27. The van der Waals surface area contributed by atoms with Gasteiger partial charge in [0.25, 0.3) is 0 Å². The van der Waals surface area contributed by atoms with Crippen molar-refractivity contribution in [3.63, 3.8) is 0 Å². The summed E-state index contributed by atoms with van der Waals surface area (Å²) in [6.07, 6.45) is 3.36. The van der Waals surface area contributed by atoms with E-state index in [4.69, 9.17) is 16.3 Å². The largest absolute Gasteiger partial charge is 0.381 e. The van der Waals surface area contributed by atoms with Crippen molar-refractivity contribution in [3.05, 3.63) is 16.4 Å². The zero-order valence-electron chi connectivity index (χ0n) is 11.2. The fourth-order valence-electron chi connectivity index (χ4n) is 2.43. The van der Waals surface area contributed by atoms with E-state index in [9.17, 15) is 0 Å². The highest BCUT2D eigenvalue weighted by Gasteiger charge is 2.16. The van der Waals surface area contributed by atoms with Crippen LogP contribution in [0.4, 0.5) is 0 Å². The summed E-state index contributed by atoms with van der Waals surface area (Å²) in [5.74, 6) is 0.638. The highest BCUT2D eigenvalue weighted by atomic mass is 35.5. The molecule has 2 heterocycles. The molecule has 0 saturated carbocycles. The van der Waals surface area contributed by atoms with Crippen molar-refractivity contribution in [2.45, 2.75) is 32.7 Å². The highest BCUT2D eigenvalue weighted by Crippen LogP contribution is 2.20. The molecule has 0 bridgehead atoms. The Balaban J connectivity index is 1.85. The number of aryl methyl sites for hydroxylation is 2. The number of nitrogens with one attached hydrogen (secondary N) is 1. The number of nitrogens with zero attached hydrogens (tertiary/aromatic N) is 2. The van der Waals surface area contributed by atoms with Gasteiger partial charge >= 0.3 is 0 Å². The predicted octanol–water partition coefficient (Wildman–Crippen LogP) is 2.15. The van der Waals surface area contributed by atoms with Gasteiger partial charge < -0.3 is 10.1 Å². The van der Waals surface area contributed by atoms with E-state index in [1.807, 2.05) is 7.05 Å². The van der Waals surface area contributed by atoms with Gasteiger partial charge in [0.05, 0.1) is 12.3 Å². The topological polar surface area (TPSA) is 39.1 Å². The summed E-state index contributed by atoms with van der Waals surface area (Å²) in [6.45, 7) is 5.71. The first kappa shape index (κ1) is 13.8. The van der Waals surface area contributed by atoms with Gasteiger partial charge in [-0.15, -0.1) is 0 Å². The van der Waals surface area contributed by atoms with Gasteiger partial charge in [-0.1, -0.05) is 18.5 Å². The van der Waals surface area contributed by atoms with Gasteiger partial charge in [-0.25, -0.2) is 0 Å². The molecule has 4 nitrogen and oxygen atoms in total. The molecule has 18 heavy (non-hydrogen) atoms. The van der Waals surface area contributed by atoms with Crippen LogP contribution in [-0.2, 0) is 24.8 Å². The van der Waals surface area contributed by atoms with Crippen LogP contribution in [0.25, 0.3) is 0 Å². The molecule has 1 N–H and O–H groups in total. The molecule has 1 fully saturated rings. The van der Waals surface area contributed by atoms with Crippen LogP contribution in [0.2, 0.25) is 5.15 Å². The molecule has 5 heteroatoms. The molecular formula is C13H22ClN3O. The molecular weight excluding hydrogens is 250 g/mol. The number of hydrogen-bond donors (Lipinski definition) is 1. The van der Waals surface area contributed by atoms with Crippen molar-refractivity contribution in [1.29, 1.82) is 0 Å². The molecule has 0 spiro atoms. The SMILES string of the molecule is CCc1nn(C)c(Cl)c1CNC[C@H]1CCCOC1. The van der Waals surface area contributed by atoms with E-state index in [0.29, 0.717) is 5.92 Å². The molecule has 1 aromatic heterocycles. The Bertz CT molecular complexity index is 386. The van der Waals surface area contributed by atoms with Gasteiger partial charge in [0.1, 0.15) is 5.15 Å². The zero-order valence-corrected chi connectivity index (χ0v) is 12.0. The molecule has 0 amide bonds. The Kier molecular flexibility index (Phi) is 5.03. The van der Waals surface area contributed by atoms with Crippen LogP contribution in [0.15, 0.2) is 0 Å². The fraction of sp³-hybridized carbons (Fsp3) is 0.769. The minimum atomic E-state index is 0.638. The molecule has 1 aliphatic heterocycles. The van der Waals surface area contributed by atoms with Gasteiger partial charge in [-0.2, -0.15) is 5.10 Å². The summed E-state index contributed by atoms with van der Waals surface area (Å²) in [6, 6.07) is 0. The van der Waals surface area contributed by atoms with Crippen LogP contribution in [0.3, 0.4) is 0 Å². The number of aromatic nitrogens is 2. The summed E-state index contributed by atoms with van der Waals surface area (Å²) in [7, 11) is 1.89. The first-order valence-electron chi connectivity index (χ1n) is 6.71. The van der Waals surface area contributed by atoms with Crippen LogP contribution in [-0.4, -0.2) is 29.5 Å². The normalized spacial score (nSPS) is 20.3. The quantitative estimate of drug-likeness (QED) is 0.892. The Morgan fingerprint density at radius 2 is 2.39 bits per heavy atom.